The van der Waals surface area contributed by atoms with Crippen LogP contribution < -0.4 is 4.74 Å². The monoisotopic (exact) mass is 594 g/mol. The van der Waals surface area contributed by atoms with Crippen LogP contribution in [-0.4, -0.2) is 22.9 Å². The van der Waals surface area contributed by atoms with E-state index in [1.165, 1.54) is 5.56 Å². The Balaban J connectivity index is 1.16. The van der Waals surface area contributed by atoms with Crippen LogP contribution in [0.25, 0.3) is 39.2 Å². The number of hydrogen-bond acceptors (Lipinski definition) is 4. The molecule has 2 heterocycles. The highest BCUT2D eigenvalue weighted by molar-refractivity contribution is 6.00. The lowest BCUT2D eigenvalue weighted by Gasteiger charge is -2.39. The van der Waals surface area contributed by atoms with E-state index in [1.807, 2.05) is 25.3 Å². The number of nitrogens with zero attached hydrogens (tertiary/aromatic N) is 2. The average Bonchev–Trinajstić information content (AvgIpc) is 3.06. The van der Waals surface area contributed by atoms with Gasteiger partial charge < -0.3 is 4.74 Å². The smallest absolute Gasteiger partial charge is 0.164 e. The lowest BCUT2D eigenvalue weighted by molar-refractivity contribution is 0.0812. The van der Waals surface area contributed by atoms with Gasteiger partial charge in [-0.2, -0.15) is 0 Å². The Labute approximate surface area is 267 Å². The number of ketones is 1. The van der Waals surface area contributed by atoms with Gasteiger partial charge in [-0.15, -0.1) is 0 Å². The summed E-state index contributed by atoms with van der Waals surface area (Å²) in [4.78, 5) is 22.2. The quantitative estimate of drug-likeness (QED) is 0.159. The van der Waals surface area contributed by atoms with Gasteiger partial charge in [0.25, 0.3) is 0 Å². The minimum atomic E-state index is 0.223. The molecule has 0 amide bonds. The molecule has 1 aliphatic carbocycles. The molecule has 4 heteroatoms. The lowest BCUT2D eigenvalue weighted by Crippen LogP contribution is -2.32. The number of fused-ring (bicyclic) bond motifs is 1. The Morgan fingerprint density at radius 2 is 1.60 bits per heavy atom. The molecule has 4 atom stereocenters. The van der Waals surface area contributed by atoms with Crippen LogP contribution in [0.4, 0.5) is 0 Å². The van der Waals surface area contributed by atoms with Gasteiger partial charge in [-0.25, -0.2) is 0 Å². The number of rotatable bonds is 9. The molecule has 0 N–H and O–H groups in total. The van der Waals surface area contributed by atoms with E-state index in [9.17, 15) is 4.79 Å². The first-order chi connectivity index (χ1) is 21.8. The third-order valence-electron chi connectivity index (χ3n) is 9.79. The van der Waals surface area contributed by atoms with Gasteiger partial charge in [0.05, 0.1) is 12.6 Å². The largest absolute Gasteiger partial charge is 0.495 e. The van der Waals surface area contributed by atoms with Gasteiger partial charge in [-0.05, 0) is 89.8 Å². The van der Waals surface area contributed by atoms with Crippen molar-refractivity contribution in [2.24, 2.45) is 23.7 Å². The van der Waals surface area contributed by atoms with Gasteiger partial charge in [-0.3, -0.25) is 14.8 Å². The molecule has 1 saturated carbocycles. The summed E-state index contributed by atoms with van der Waals surface area (Å²) in [5.74, 6) is 3.12. The van der Waals surface area contributed by atoms with Crippen molar-refractivity contribution in [3.63, 3.8) is 0 Å². The number of pyridine rings is 2. The topological polar surface area (TPSA) is 52.1 Å². The van der Waals surface area contributed by atoms with Crippen molar-refractivity contribution in [2.45, 2.75) is 46.5 Å². The Bertz CT molecular complexity index is 1810. The lowest BCUT2D eigenvalue weighted by atomic mass is 9.66. The second kappa shape index (κ2) is 13.2. The fourth-order valence-corrected chi connectivity index (χ4v) is 7.48. The van der Waals surface area contributed by atoms with E-state index < -0.39 is 0 Å². The number of Topliss-reactive ketones (excluding diaryl/α,β-unsaturated/α-hetero) is 1. The molecule has 3 unspecified atom stereocenters. The summed E-state index contributed by atoms with van der Waals surface area (Å²) in [5, 5.41) is 1.00. The third kappa shape index (κ3) is 6.47. The van der Waals surface area contributed by atoms with Gasteiger partial charge in [0.1, 0.15) is 5.75 Å². The van der Waals surface area contributed by atoms with E-state index in [1.54, 1.807) is 19.5 Å². The van der Waals surface area contributed by atoms with Gasteiger partial charge in [0, 0.05) is 47.1 Å². The fourth-order valence-electron chi connectivity index (χ4n) is 7.48. The minimum absolute atomic E-state index is 0.223. The minimum Gasteiger partial charge on any atom is -0.495 e. The summed E-state index contributed by atoms with van der Waals surface area (Å²) in [6.07, 6.45) is 11.3. The van der Waals surface area contributed by atoms with Crippen molar-refractivity contribution in [1.82, 2.24) is 9.97 Å². The highest BCUT2D eigenvalue weighted by Gasteiger charge is 2.34. The molecule has 0 radical (unpaired) electrons. The average molecular weight is 595 g/mol. The molecule has 2 aromatic heterocycles. The maximum absolute atomic E-state index is 13.0. The van der Waals surface area contributed by atoms with Crippen LogP contribution in [0.3, 0.4) is 0 Å². The van der Waals surface area contributed by atoms with Crippen LogP contribution in [0.2, 0.25) is 0 Å². The predicted octanol–water partition coefficient (Wildman–Crippen LogP) is 10.0. The van der Waals surface area contributed by atoms with Crippen LogP contribution in [0.1, 0.15) is 60.2 Å². The molecule has 6 rings (SSSR count). The van der Waals surface area contributed by atoms with Crippen molar-refractivity contribution < 1.29 is 9.53 Å². The van der Waals surface area contributed by atoms with E-state index >= 15 is 0 Å². The van der Waals surface area contributed by atoms with Gasteiger partial charge in [0.2, 0.25) is 0 Å². The van der Waals surface area contributed by atoms with Crippen molar-refractivity contribution in [3.8, 4) is 28.0 Å². The molecule has 3 aromatic carbocycles. The van der Waals surface area contributed by atoms with E-state index in [2.05, 4.69) is 92.1 Å². The zero-order chi connectivity index (χ0) is 31.5. The summed E-state index contributed by atoms with van der Waals surface area (Å²) >= 11 is 0. The summed E-state index contributed by atoms with van der Waals surface area (Å²) in [6, 6.07) is 25.5. The number of para-hydroxylation sites is 1. The standard InChI is InChI=1S/C41H42N2O2/c1-6-29-10-14-32(15-11-29)35-8-7-9-36-40(35)43-25-38(41(36)45-5)33-16-12-30(13-17-33)21-31-19-27(3)37(28(4)20-31)22-39(44)34-18-26(2)23-42-24-34/h6-18,23-25,27-28,31,37H,1,19-22H2,2-5H3/t27-,28?,31?,37?/m1/s1. The Morgan fingerprint density at radius 3 is 2.27 bits per heavy atom. The molecular formula is C41H42N2O2. The fraction of sp³-hybridized carbons (Fsp3) is 0.293. The second-order valence-electron chi connectivity index (χ2n) is 13.0. The van der Waals surface area contributed by atoms with Gasteiger partial charge in [-0.1, -0.05) is 87.2 Å². The van der Waals surface area contributed by atoms with Gasteiger partial charge in [0.15, 0.2) is 5.78 Å². The SMILES string of the molecule is C=Cc1ccc(-c2cccc3c(OC)c(-c4ccc(CC5CC(C)C(CC(=O)c6cncc(C)c6)[C@H](C)C5)cc4)cnc23)cc1. The highest BCUT2D eigenvalue weighted by atomic mass is 16.5. The molecule has 0 spiro atoms. The van der Waals surface area contributed by atoms with Crippen molar-refractivity contribution in [3.05, 3.63) is 120 Å². The summed E-state index contributed by atoms with van der Waals surface area (Å²) in [7, 11) is 1.74. The number of carbonyl (C=O) groups is 1. The zero-order valence-electron chi connectivity index (χ0n) is 26.8. The van der Waals surface area contributed by atoms with Crippen molar-refractivity contribution >= 4 is 22.8 Å². The van der Waals surface area contributed by atoms with Crippen LogP contribution >= 0.6 is 0 Å². The number of aryl methyl sites for hydroxylation is 1. The molecule has 0 saturated heterocycles. The maximum atomic E-state index is 13.0. The zero-order valence-corrected chi connectivity index (χ0v) is 26.8. The predicted molar refractivity (Wildman–Crippen MR) is 185 cm³/mol. The Kier molecular flexibility index (Phi) is 8.93. The number of hydrogen-bond donors (Lipinski definition) is 0. The molecule has 228 valence electrons. The first kappa shape index (κ1) is 30.5. The van der Waals surface area contributed by atoms with Gasteiger partial charge >= 0.3 is 0 Å². The van der Waals surface area contributed by atoms with Crippen LogP contribution in [-0.2, 0) is 6.42 Å². The first-order valence-electron chi connectivity index (χ1n) is 16.1. The van der Waals surface area contributed by atoms with E-state index in [0.717, 1.165) is 74.9 Å². The van der Waals surface area contributed by atoms with Crippen LogP contribution in [0, 0.1) is 30.6 Å². The number of carbonyl (C=O) groups excluding carboxylic acids is 1. The molecule has 1 aliphatic rings. The molecule has 0 aliphatic heterocycles. The maximum Gasteiger partial charge on any atom is 0.164 e. The van der Waals surface area contributed by atoms with Crippen LogP contribution in [0.15, 0.2) is 98.0 Å². The normalized spacial score (nSPS) is 19.7. The van der Waals surface area contributed by atoms with Crippen LogP contribution in [0.5, 0.6) is 5.75 Å². The van der Waals surface area contributed by atoms with E-state index in [0.29, 0.717) is 30.1 Å². The highest BCUT2D eigenvalue weighted by Crippen LogP contribution is 2.42. The van der Waals surface area contributed by atoms with Crippen molar-refractivity contribution in [1.29, 1.82) is 0 Å². The summed E-state index contributed by atoms with van der Waals surface area (Å²) in [6.45, 7) is 10.5. The molecular weight excluding hydrogens is 552 g/mol. The summed E-state index contributed by atoms with van der Waals surface area (Å²) in [5.41, 5.74) is 9.44. The van der Waals surface area contributed by atoms with E-state index in [-0.39, 0.29) is 5.78 Å². The number of benzene rings is 3. The molecule has 0 bridgehead atoms. The second-order valence-corrected chi connectivity index (χ2v) is 13.0. The molecule has 4 nitrogen and oxygen atoms in total. The molecule has 45 heavy (non-hydrogen) atoms. The third-order valence-corrected chi connectivity index (χ3v) is 9.79. The number of ether oxygens (including phenoxy) is 1. The first-order valence-corrected chi connectivity index (χ1v) is 16.1. The Morgan fingerprint density at radius 1 is 0.911 bits per heavy atom. The number of methoxy groups -OCH3 is 1. The Hall–Kier alpha value is -4.57. The molecule has 5 aromatic rings. The van der Waals surface area contributed by atoms with E-state index in [4.69, 9.17) is 9.72 Å². The summed E-state index contributed by atoms with van der Waals surface area (Å²) < 4.78 is 6.01. The van der Waals surface area contributed by atoms with Crippen molar-refractivity contribution in [2.75, 3.05) is 7.11 Å². The number of aromatic nitrogens is 2. The molecule has 1 fully saturated rings.